The number of halogens is 2. The van der Waals surface area contributed by atoms with E-state index in [1.165, 1.54) is 17.7 Å². The van der Waals surface area contributed by atoms with Crippen molar-refractivity contribution >= 4 is 21.8 Å². The van der Waals surface area contributed by atoms with Crippen molar-refractivity contribution in [1.29, 1.82) is 0 Å². The topological polar surface area (TPSA) is 34.9 Å². The Bertz CT molecular complexity index is 607. The number of alkyl halides is 1. The van der Waals surface area contributed by atoms with Crippen LogP contribution >= 0.6 is 15.9 Å². The first-order valence-electron chi connectivity index (χ1n) is 5.45. The Hall–Kier alpha value is -1.49. The summed E-state index contributed by atoms with van der Waals surface area (Å²) in [6.07, 6.45) is 0. The molecule has 0 saturated heterocycles. The van der Waals surface area contributed by atoms with Gasteiger partial charge in [-0.3, -0.25) is 4.79 Å². The lowest BCUT2D eigenvalue weighted by Gasteiger charge is -2.01. The molecule has 5 heteroatoms. The first kappa shape index (κ1) is 13.0. The van der Waals surface area contributed by atoms with Gasteiger partial charge in [0.15, 0.2) is 0 Å². The molecule has 0 radical (unpaired) electrons. The van der Waals surface area contributed by atoms with E-state index in [0.29, 0.717) is 22.2 Å². The van der Waals surface area contributed by atoms with Crippen LogP contribution in [0.2, 0.25) is 0 Å². The fraction of sp³-hybridized carbons (Fsp3) is 0.231. The lowest BCUT2D eigenvalue weighted by Crippen LogP contribution is -2.09. The summed E-state index contributed by atoms with van der Waals surface area (Å²) in [5, 5.41) is 4.64. The molecular weight excluding hydrogens is 299 g/mol. The molecule has 1 aromatic carbocycles. The van der Waals surface area contributed by atoms with Crippen LogP contribution in [-0.2, 0) is 5.33 Å². The van der Waals surface area contributed by atoms with Crippen molar-refractivity contribution in [3.05, 3.63) is 41.3 Å². The Kier molecular flexibility index (Phi) is 3.61. The van der Waals surface area contributed by atoms with Crippen LogP contribution in [0.5, 0.6) is 0 Å². The second kappa shape index (κ2) is 5.02. The van der Waals surface area contributed by atoms with Gasteiger partial charge in [-0.25, -0.2) is 9.07 Å². The largest absolute Gasteiger partial charge is 0.273 e. The van der Waals surface area contributed by atoms with Gasteiger partial charge in [0.2, 0.25) is 5.91 Å². The van der Waals surface area contributed by atoms with E-state index in [2.05, 4.69) is 21.0 Å². The average molecular weight is 311 g/mol. The molecule has 0 atom stereocenters. The highest BCUT2D eigenvalue weighted by Crippen LogP contribution is 2.22. The van der Waals surface area contributed by atoms with E-state index >= 15 is 0 Å². The number of aromatic nitrogens is 2. The second-order valence-corrected chi connectivity index (χ2v) is 4.60. The lowest BCUT2D eigenvalue weighted by molar-refractivity contribution is 0.0919. The lowest BCUT2D eigenvalue weighted by atomic mass is 10.1. The van der Waals surface area contributed by atoms with Gasteiger partial charge in [0.05, 0.1) is 5.69 Å². The Labute approximate surface area is 113 Å². The van der Waals surface area contributed by atoms with Crippen LogP contribution in [0.25, 0.3) is 11.3 Å². The van der Waals surface area contributed by atoms with Crippen LogP contribution in [0.3, 0.4) is 0 Å². The molecule has 0 amide bonds. The van der Waals surface area contributed by atoms with E-state index < -0.39 is 0 Å². The highest BCUT2D eigenvalue weighted by molar-refractivity contribution is 9.08. The van der Waals surface area contributed by atoms with Crippen LogP contribution in [0, 0.1) is 12.7 Å². The molecule has 0 N–H and O–H groups in total. The van der Waals surface area contributed by atoms with Crippen LogP contribution in [-0.4, -0.2) is 15.7 Å². The van der Waals surface area contributed by atoms with E-state index in [0.717, 1.165) is 5.69 Å². The summed E-state index contributed by atoms with van der Waals surface area (Å²) in [5.41, 5.74) is 2.60. The van der Waals surface area contributed by atoms with Crippen molar-refractivity contribution < 1.29 is 9.18 Å². The Morgan fingerprint density at radius 3 is 2.67 bits per heavy atom. The molecule has 1 aromatic heterocycles. The van der Waals surface area contributed by atoms with Gasteiger partial charge >= 0.3 is 0 Å². The van der Waals surface area contributed by atoms with E-state index in [1.54, 1.807) is 25.1 Å². The molecular formula is C13H12BrFN2O. The molecule has 2 rings (SSSR count). The van der Waals surface area contributed by atoms with Crippen molar-refractivity contribution in [2.24, 2.45) is 0 Å². The van der Waals surface area contributed by atoms with E-state index in [-0.39, 0.29) is 11.7 Å². The van der Waals surface area contributed by atoms with E-state index in [4.69, 9.17) is 0 Å². The fourth-order valence-electron chi connectivity index (χ4n) is 1.75. The number of nitrogens with zero attached hydrogens (tertiary/aromatic N) is 2. The fourth-order valence-corrected chi connectivity index (χ4v) is 2.20. The zero-order valence-corrected chi connectivity index (χ0v) is 11.7. The van der Waals surface area contributed by atoms with Gasteiger partial charge in [0.1, 0.15) is 5.82 Å². The van der Waals surface area contributed by atoms with Gasteiger partial charge in [-0.05, 0) is 24.6 Å². The molecule has 0 fully saturated rings. The standard InChI is InChI=1S/C13H12BrFN2O/c1-8-5-13(16-17(8)9(2)18)10-3-4-11(7-14)12(15)6-10/h3-6H,7H2,1-2H3. The zero-order chi connectivity index (χ0) is 13.3. The molecule has 2 aromatic rings. The number of benzene rings is 1. The third-order valence-electron chi connectivity index (χ3n) is 2.68. The van der Waals surface area contributed by atoms with E-state index in [1.807, 2.05) is 0 Å². The van der Waals surface area contributed by atoms with E-state index in [9.17, 15) is 9.18 Å². The summed E-state index contributed by atoms with van der Waals surface area (Å²) in [4.78, 5) is 11.3. The third kappa shape index (κ3) is 2.36. The Morgan fingerprint density at radius 1 is 1.44 bits per heavy atom. The van der Waals surface area contributed by atoms with Gasteiger partial charge in [-0.15, -0.1) is 0 Å². The van der Waals surface area contributed by atoms with Gasteiger partial charge < -0.3 is 0 Å². The summed E-state index contributed by atoms with van der Waals surface area (Å²) >= 11 is 3.22. The monoisotopic (exact) mass is 310 g/mol. The predicted octanol–water partition coefficient (Wildman–Crippen LogP) is 3.55. The van der Waals surface area contributed by atoms with Crippen molar-refractivity contribution in [2.75, 3.05) is 0 Å². The summed E-state index contributed by atoms with van der Waals surface area (Å²) in [7, 11) is 0. The van der Waals surface area contributed by atoms with Gasteiger partial charge in [0.25, 0.3) is 0 Å². The minimum atomic E-state index is -0.278. The van der Waals surface area contributed by atoms with Gasteiger partial charge in [-0.1, -0.05) is 28.1 Å². The summed E-state index contributed by atoms with van der Waals surface area (Å²) in [6, 6.07) is 6.71. The smallest absolute Gasteiger partial charge is 0.243 e. The number of aryl methyl sites for hydroxylation is 1. The highest BCUT2D eigenvalue weighted by Gasteiger charge is 2.11. The highest BCUT2D eigenvalue weighted by atomic mass is 79.9. The van der Waals surface area contributed by atoms with Crippen molar-refractivity contribution in [3.8, 4) is 11.3 Å². The van der Waals surface area contributed by atoms with Crippen LogP contribution in [0.4, 0.5) is 4.39 Å². The minimum absolute atomic E-state index is 0.156. The molecule has 0 bridgehead atoms. The van der Waals surface area contributed by atoms with Gasteiger partial charge in [0, 0.05) is 23.5 Å². The predicted molar refractivity (Wildman–Crippen MR) is 71.3 cm³/mol. The van der Waals surface area contributed by atoms with Crippen LogP contribution < -0.4 is 0 Å². The average Bonchev–Trinajstić information content (AvgIpc) is 2.71. The first-order chi connectivity index (χ1) is 8.52. The maximum atomic E-state index is 13.7. The number of hydrogen-bond donors (Lipinski definition) is 0. The van der Waals surface area contributed by atoms with Crippen molar-refractivity contribution in [2.45, 2.75) is 19.2 Å². The molecule has 0 aliphatic rings. The number of carbonyl (C=O) groups is 1. The summed E-state index contributed by atoms with van der Waals surface area (Å²) < 4.78 is 15.0. The zero-order valence-electron chi connectivity index (χ0n) is 10.1. The minimum Gasteiger partial charge on any atom is -0.273 e. The summed E-state index contributed by atoms with van der Waals surface area (Å²) in [6.45, 7) is 3.24. The number of rotatable bonds is 2. The molecule has 0 unspecified atom stereocenters. The molecule has 1 heterocycles. The van der Waals surface area contributed by atoms with Gasteiger partial charge in [-0.2, -0.15) is 5.10 Å². The number of carbonyl (C=O) groups excluding carboxylic acids is 1. The van der Waals surface area contributed by atoms with Crippen molar-refractivity contribution in [1.82, 2.24) is 9.78 Å². The SMILES string of the molecule is CC(=O)n1nc(-c2ccc(CBr)c(F)c2)cc1C. The molecule has 0 saturated carbocycles. The number of hydrogen-bond acceptors (Lipinski definition) is 2. The second-order valence-electron chi connectivity index (χ2n) is 4.04. The first-order valence-corrected chi connectivity index (χ1v) is 6.57. The molecule has 18 heavy (non-hydrogen) atoms. The third-order valence-corrected chi connectivity index (χ3v) is 3.28. The normalized spacial score (nSPS) is 10.7. The maximum absolute atomic E-state index is 13.7. The molecule has 94 valence electrons. The molecule has 0 aliphatic carbocycles. The Balaban J connectivity index is 2.46. The quantitative estimate of drug-likeness (QED) is 0.795. The molecule has 3 nitrogen and oxygen atoms in total. The van der Waals surface area contributed by atoms with Crippen LogP contribution in [0.15, 0.2) is 24.3 Å². The van der Waals surface area contributed by atoms with Crippen molar-refractivity contribution in [3.63, 3.8) is 0 Å². The maximum Gasteiger partial charge on any atom is 0.243 e. The van der Waals surface area contributed by atoms with Crippen LogP contribution in [0.1, 0.15) is 23.0 Å². The Morgan fingerprint density at radius 2 is 2.17 bits per heavy atom. The molecule has 0 spiro atoms. The molecule has 0 aliphatic heterocycles. The summed E-state index contributed by atoms with van der Waals surface area (Å²) in [5.74, 6) is -0.435.